The molecule has 0 radical (unpaired) electrons. The Bertz CT molecular complexity index is 909. The number of thiazole rings is 1. The van der Waals surface area contributed by atoms with Gasteiger partial charge < -0.3 is 0 Å². The summed E-state index contributed by atoms with van der Waals surface area (Å²) in [6, 6.07) is 10.2. The van der Waals surface area contributed by atoms with Crippen LogP contribution in [0, 0.1) is 0 Å². The van der Waals surface area contributed by atoms with Crippen LogP contribution >= 0.6 is 11.3 Å². The third kappa shape index (κ3) is 2.53. The summed E-state index contributed by atoms with van der Waals surface area (Å²) in [5, 5.41) is 7.80. The smallest absolute Gasteiger partial charge is 0.275 e. The molecule has 0 saturated carbocycles. The predicted molar refractivity (Wildman–Crippen MR) is 95.5 cm³/mol. The van der Waals surface area contributed by atoms with Crippen LogP contribution in [0.1, 0.15) is 40.8 Å². The monoisotopic (exact) mass is 338 g/mol. The Labute approximate surface area is 144 Å². The predicted octanol–water partition coefficient (Wildman–Crippen LogP) is 3.94. The molecule has 1 N–H and O–H groups in total. The number of amides is 1. The Kier molecular flexibility index (Phi) is 3.69. The number of nitrogens with zero attached hydrogens (tertiary/aromatic N) is 3. The van der Waals surface area contributed by atoms with Crippen LogP contribution in [-0.4, -0.2) is 20.7 Å². The van der Waals surface area contributed by atoms with Gasteiger partial charge >= 0.3 is 0 Å². The maximum absolute atomic E-state index is 12.6. The number of aryl methyl sites for hydroxylation is 2. The number of nitrogens with one attached hydrogen (secondary N) is 1. The summed E-state index contributed by atoms with van der Waals surface area (Å²) in [4.78, 5) is 18.5. The van der Waals surface area contributed by atoms with E-state index in [0.29, 0.717) is 10.8 Å². The zero-order chi connectivity index (χ0) is 16.7. The fourth-order valence-electron chi connectivity index (χ4n) is 3.07. The summed E-state index contributed by atoms with van der Waals surface area (Å²) in [6.45, 7) is 4.01. The fraction of sp³-hybridized carbons (Fsp3) is 0.278. The van der Waals surface area contributed by atoms with Crippen molar-refractivity contribution in [2.75, 3.05) is 5.32 Å². The van der Waals surface area contributed by atoms with Gasteiger partial charge in [0.05, 0.1) is 5.69 Å². The second kappa shape index (κ2) is 5.87. The molecule has 3 aromatic rings. The Hall–Kier alpha value is -2.47. The Morgan fingerprint density at radius 1 is 1.25 bits per heavy atom. The quantitative estimate of drug-likeness (QED) is 0.787. The lowest BCUT2D eigenvalue weighted by atomic mass is 9.94. The van der Waals surface area contributed by atoms with Crippen LogP contribution < -0.4 is 5.32 Å². The number of anilines is 1. The number of carbonyl (C=O) groups is 1. The van der Waals surface area contributed by atoms with E-state index < -0.39 is 0 Å². The van der Waals surface area contributed by atoms with E-state index in [2.05, 4.69) is 33.6 Å². The van der Waals surface area contributed by atoms with E-state index in [1.165, 1.54) is 16.0 Å². The van der Waals surface area contributed by atoms with Crippen LogP contribution in [0.2, 0.25) is 0 Å². The van der Waals surface area contributed by atoms with Crippen molar-refractivity contribution >= 4 is 22.4 Å². The molecule has 0 atom stereocenters. The number of fused-ring (bicyclic) bond motifs is 3. The van der Waals surface area contributed by atoms with Gasteiger partial charge in [0.1, 0.15) is 5.69 Å². The average Bonchev–Trinajstić information content (AvgIpc) is 3.21. The first-order valence-corrected chi connectivity index (χ1v) is 8.88. The molecule has 1 aliphatic carbocycles. The van der Waals surface area contributed by atoms with Crippen molar-refractivity contribution in [3.63, 3.8) is 0 Å². The van der Waals surface area contributed by atoms with E-state index in [0.717, 1.165) is 18.5 Å². The molecule has 0 aliphatic heterocycles. The third-order valence-corrected chi connectivity index (χ3v) is 5.23. The highest BCUT2D eigenvalue weighted by Gasteiger charge is 2.22. The topological polar surface area (TPSA) is 59.8 Å². The van der Waals surface area contributed by atoms with Gasteiger partial charge in [-0.25, -0.2) is 4.98 Å². The first kappa shape index (κ1) is 15.1. The van der Waals surface area contributed by atoms with Crippen LogP contribution in [0.15, 0.2) is 36.5 Å². The van der Waals surface area contributed by atoms with E-state index in [-0.39, 0.29) is 11.9 Å². The second-order valence-corrected chi connectivity index (χ2v) is 7.24. The highest BCUT2D eigenvalue weighted by Crippen LogP contribution is 2.38. The van der Waals surface area contributed by atoms with Gasteiger partial charge in [-0.1, -0.05) is 24.3 Å². The van der Waals surface area contributed by atoms with Crippen molar-refractivity contribution in [1.82, 2.24) is 14.8 Å². The maximum atomic E-state index is 12.6. The minimum absolute atomic E-state index is 0.136. The summed E-state index contributed by atoms with van der Waals surface area (Å²) in [5.74, 6) is -0.166. The van der Waals surface area contributed by atoms with E-state index in [1.807, 2.05) is 19.9 Å². The molecular weight excluding hydrogens is 320 g/mol. The molecule has 122 valence electrons. The first-order chi connectivity index (χ1) is 11.6. The zero-order valence-electron chi connectivity index (χ0n) is 13.6. The standard InChI is InChI=1S/C18H18N4OS/c1-11(2)22-14(9-10-19-22)17(23)21-18-20-16-13-6-4-3-5-12(13)7-8-15(16)24-18/h3-6,9-11H,7-8H2,1-2H3,(H,20,21,23). The zero-order valence-corrected chi connectivity index (χ0v) is 14.4. The van der Waals surface area contributed by atoms with Crippen LogP contribution in [0.25, 0.3) is 11.3 Å². The molecule has 0 saturated heterocycles. The molecule has 0 spiro atoms. The highest BCUT2D eigenvalue weighted by molar-refractivity contribution is 7.16. The third-order valence-electron chi connectivity index (χ3n) is 4.20. The number of aromatic nitrogens is 3. The van der Waals surface area contributed by atoms with Gasteiger partial charge in [0.2, 0.25) is 0 Å². The number of hydrogen-bond donors (Lipinski definition) is 1. The van der Waals surface area contributed by atoms with Crippen LogP contribution in [0.4, 0.5) is 5.13 Å². The SMILES string of the molecule is CC(C)n1nccc1C(=O)Nc1nc2c(s1)CCc1ccccc1-2. The molecule has 0 fully saturated rings. The van der Waals surface area contributed by atoms with E-state index in [9.17, 15) is 4.79 Å². The van der Waals surface area contributed by atoms with Crippen molar-refractivity contribution in [2.45, 2.75) is 32.7 Å². The number of carbonyl (C=O) groups excluding carboxylic acids is 1. The molecule has 1 amide bonds. The lowest BCUT2D eigenvalue weighted by Crippen LogP contribution is -2.18. The van der Waals surface area contributed by atoms with Crippen molar-refractivity contribution < 1.29 is 4.79 Å². The number of rotatable bonds is 3. The molecule has 1 aromatic carbocycles. The molecular formula is C18H18N4OS. The minimum atomic E-state index is -0.166. The average molecular weight is 338 g/mol. The summed E-state index contributed by atoms with van der Waals surface area (Å²) in [6.07, 6.45) is 3.65. The van der Waals surface area contributed by atoms with Crippen molar-refractivity contribution in [3.05, 3.63) is 52.7 Å². The highest BCUT2D eigenvalue weighted by atomic mass is 32.1. The summed E-state index contributed by atoms with van der Waals surface area (Å²) < 4.78 is 1.72. The summed E-state index contributed by atoms with van der Waals surface area (Å²) >= 11 is 1.57. The number of benzene rings is 1. The molecule has 24 heavy (non-hydrogen) atoms. The second-order valence-electron chi connectivity index (χ2n) is 6.16. The van der Waals surface area contributed by atoms with Gasteiger partial charge in [0, 0.05) is 22.7 Å². The van der Waals surface area contributed by atoms with E-state index >= 15 is 0 Å². The van der Waals surface area contributed by atoms with Crippen LogP contribution in [0.3, 0.4) is 0 Å². The molecule has 0 unspecified atom stereocenters. The molecule has 0 bridgehead atoms. The normalized spacial score (nSPS) is 12.8. The van der Waals surface area contributed by atoms with Gasteiger partial charge in [-0.05, 0) is 38.3 Å². The van der Waals surface area contributed by atoms with Gasteiger partial charge in [-0.3, -0.25) is 14.8 Å². The van der Waals surface area contributed by atoms with E-state index in [4.69, 9.17) is 0 Å². The van der Waals surface area contributed by atoms with Gasteiger partial charge in [-0.2, -0.15) is 5.10 Å². The minimum Gasteiger partial charge on any atom is -0.296 e. The summed E-state index contributed by atoms with van der Waals surface area (Å²) in [5.41, 5.74) is 4.07. The first-order valence-electron chi connectivity index (χ1n) is 8.06. The largest absolute Gasteiger partial charge is 0.296 e. The Balaban J connectivity index is 1.62. The Morgan fingerprint density at radius 3 is 2.92 bits per heavy atom. The molecule has 1 aliphatic rings. The van der Waals surface area contributed by atoms with Crippen molar-refractivity contribution in [1.29, 1.82) is 0 Å². The summed E-state index contributed by atoms with van der Waals surface area (Å²) in [7, 11) is 0. The Morgan fingerprint density at radius 2 is 2.08 bits per heavy atom. The molecule has 5 nitrogen and oxygen atoms in total. The van der Waals surface area contributed by atoms with Gasteiger partial charge in [0.25, 0.3) is 5.91 Å². The maximum Gasteiger partial charge on any atom is 0.275 e. The van der Waals surface area contributed by atoms with Crippen molar-refractivity contribution in [2.24, 2.45) is 0 Å². The molecule has 6 heteroatoms. The van der Waals surface area contributed by atoms with Gasteiger partial charge in [0.15, 0.2) is 5.13 Å². The van der Waals surface area contributed by atoms with E-state index in [1.54, 1.807) is 28.3 Å². The van der Waals surface area contributed by atoms with Gasteiger partial charge in [-0.15, -0.1) is 11.3 Å². The van der Waals surface area contributed by atoms with Crippen LogP contribution in [-0.2, 0) is 12.8 Å². The van der Waals surface area contributed by atoms with Crippen LogP contribution in [0.5, 0.6) is 0 Å². The fourth-order valence-corrected chi connectivity index (χ4v) is 4.04. The molecule has 4 rings (SSSR count). The lowest BCUT2D eigenvalue weighted by Gasteiger charge is -2.13. The molecule has 2 heterocycles. The lowest BCUT2D eigenvalue weighted by molar-refractivity contribution is 0.101. The van der Waals surface area contributed by atoms with Crippen molar-refractivity contribution in [3.8, 4) is 11.3 Å². The molecule has 2 aromatic heterocycles. The number of hydrogen-bond acceptors (Lipinski definition) is 4.